The highest BCUT2D eigenvalue weighted by Crippen LogP contribution is 2.17. The van der Waals surface area contributed by atoms with Gasteiger partial charge in [-0.25, -0.2) is 9.37 Å². The van der Waals surface area contributed by atoms with Crippen LogP contribution in [0.25, 0.3) is 0 Å². The summed E-state index contributed by atoms with van der Waals surface area (Å²) in [5, 5.41) is 0.273. The van der Waals surface area contributed by atoms with Crippen molar-refractivity contribution in [3.05, 3.63) is 23.1 Å². The number of nitrogens with zero attached hydrogens (tertiary/aromatic N) is 2. The predicted octanol–water partition coefficient (Wildman–Crippen LogP) is 1.94. The first kappa shape index (κ1) is 9.82. The maximum Gasteiger partial charge on any atom is 0.167 e. The molecule has 0 N–H and O–H groups in total. The van der Waals surface area contributed by atoms with E-state index in [2.05, 4.69) is 10.9 Å². The first-order valence-electron chi connectivity index (χ1n) is 3.61. The van der Waals surface area contributed by atoms with Gasteiger partial charge in [-0.15, -0.1) is 6.42 Å². The molecule has 0 bridgehead atoms. The number of terminal acetylenes is 1. The zero-order valence-electron chi connectivity index (χ0n) is 7.09. The summed E-state index contributed by atoms with van der Waals surface area (Å²) in [6, 6.07) is 1.21. The molecule has 68 valence electrons. The van der Waals surface area contributed by atoms with Gasteiger partial charge < -0.3 is 4.90 Å². The van der Waals surface area contributed by atoms with Gasteiger partial charge in [-0.1, -0.05) is 17.5 Å². The van der Waals surface area contributed by atoms with Gasteiger partial charge in [0.25, 0.3) is 0 Å². The molecule has 0 fully saturated rings. The van der Waals surface area contributed by atoms with Crippen molar-refractivity contribution < 1.29 is 4.39 Å². The second-order valence-electron chi connectivity index (χ2n) is 2.52. The summed E-state index contributed by atoms with van der Waals surface area (Å²) in [5.74, 6) is 2.14. The minimum absolute atomic E-state index is 0.211. The Morgan fingerprint density at radius 3 is 3.00 bits per heavy atom. The summed E-state index contributed by atoms with van der Waals surface area (Å²) in [6.07, 6.45) is 6.46. The van der Waals surface area contributed by atoms with Gasteiger partial charge in [-0.2, -0.15) is 0 Å². The normalized spacial score (nSPS) is 9.38. The summed E-state index contributed by atoms with van der Waals surface area (Å²) in [5.41, 5.74) is 0. The molecule has 13 heavy (non-hydrogen) atoms. The zero-order valence-corrected chi connectivity index (χ0v) is 7.85. The van der Waals surface area contributed by atoms with E-state index in [1.54, 1.807) is 7.05 Å². The smallest absolute Gasteiger partial charge is 0.167 e. The molecule has 0 aromatic carbocycles. The second kappa shape index (κ2) is 4.11. The lowest BCUT2D eigenvalue weighted by Crippen LogP contribution is -2.19. The van der Waals surface area contributed by atoms with E-state index in [9.17, 15) is 4.39 Å². The molecule has 1 rings (SSSR count). The van der Waals surface area contributed by atoms with E-state index in [1.165, 1.54) is 17.2 Å². The van der Waals surface area contributed by atoms with Gasteiger partial charge in [0.05, 0.1) is 11.6 Å². The van der Waals surface area contributed by atoms with Crippen molar-refractivity contribution in [3.63, 3.8) is 0 Å². The predicted molar refractivity (Wildman–Crippen MR) is 51.3 cm³/mol. The first-order valence-corrected chi connectivity index (χ1v) is 3.98. The van der Waals surface area contributed by atoms with Gasteiger partial charge in [0.2, 0.25) is 0 Å². The number of aromatic nitrogens is 1. The van der Waals surface area contributed by atoms with Crippen molar-refractivity contribution in [2.45, 2.75) is 0 Å². The summed E-state index contributed by atoms with van der Waals surface area (Å²) >= 11 is 5.54. The molecular weight excluding hydrogens is 191 g/mol. The Labute approximate surface area is 81.3 Å². The highest BCUT2D eigenvalue weighted by Gasteiger charge is 2.07. The Morgan fingerprint density at radius 2 is 2.46 bits per heavy atom. The number of anilines is 1. The van der Waals surface area contributed by atoms with E-state index in [0.29, 0.717) is 6.54 Å². The molecule has 0 aliphatic heterocycles. The Morgan fingerprint density at radius 1 is 1.77 bits per heavy atom. The van der Waals surface area contributed by atoms with E-state index >= 15 is 0 Å². The van der Waals surface area contributed by atoms with E-state index in [0.717, 1.165) is 0 Å². The third-order valence-electron chi connectivity index (χ3n) is 1.48. The van der Waals surface area contributed by atoms with Crippen LogP contribution in [0.1, 0.15) is 0 Å². The molecule has 0 amide bonds. The van der Waals surface area contributed by atoms with Crippen LogP contribution in [0.4, 0.5) is 10.2 Å². The van der Waals surface area contributed by atoms with Crippen LogP contribution in [-0.4, -0.2) is 18.6 Å². The van der Waals surface area contributed by atoms with Crippen LogP contribution in [-0.2, 0) is 0 Å². The molecule has 1 heterocycles. The van der Waals surface area contributed by atoms with Gasteiger partial charge in [0.15, 0.2) is 11.6 Å². The van der Waals surface area contributed by atoms with Crippen LogP contribution in [0.3, 0.4) is 0 Å². The molecule has 4 heteroatoms. The number of pyridine rings is 1. The van der Waals surface area contributed by atoms with Gasteiger partial charge >= 0.3 is 0 Å². The first-order chi connectivity index (χ1) is 6.15. The van der Waals surface area contributed by atoms with Gasteiger partial charge in [0.1, 0.15) is 0 Å². The summed E-state index contributed by atoms with van der Waals surface area (Å²) < 4.78 is 13.2. The third kappa shape index (κ3) is 2.33. The van der Waals surface area contributed by atoms with E-state index < -0.39 is 5.82 Å². The molecule has 0 aliphatic rings. The van der Waals surface area contributed by atoms with Crippen LogP contribution in [0.15, 0.2) is 12.3 Å². The fraction of sp³-hybridized carbons (Fsp3) is 0.222. The fourth-order valence-corrected chi connectivity index (χ4v) is 1.04. The number of hydrogen-bond acceptors (Lipinski definition) is 2. The molecule has 0 atom stereocenters. The molecule has 1 aromatic heterocycles. The molecule has 0 saturated heterocycles. The molecule has 1 aromatic rings. The Bertz CT molecular complexity index is 346. The topological polar surface area (TPSA) is 16.1 Å². The van der Waals surface area contributed by atoms with Gasteiger partial charge in [0, 0.05) is 13.2 Å². The Kier molecular flexibility index (Phi) is 3.10. The van der Waals surface area contributed by atoms with E-state index in [-0.39, 0.29) is 10.8 Å². The number of halogens is 2. The second-order valence-corrected chi connectivity index (χ2v) is 2.96. The van der Waals surface area contributed by atoms with Crippen molar-refractivity contribution in [1.82, 2.24) is 4.98 Å². The lowest BCUT2D eigenvalue weighted by atomic mass is 10.4. The van der Waals surface area contributed by atoms with Crippen LogP contribution in [0, 0.1) is 18.2 Å². The van der Waals surface area contributed by atoms with Crippen molar-refractivity contribution in [2.24, 2.45) is 0 Å². The maximum absolute atomic E-state index is 13.2. The minimum Gasteiger partial charge on any atom is -0.346 e. The maximum atomic E-state index is 13.2. The average molecular weight is 199 g/mol. The minimum atomic E-state index is -0.467. The highest BCUT2D eigenvalue weighted by molar-refractivity contribution is 6.30. The Balaban J connectivity index is 2.96. The quantitative estimate of drug-likeness (QED) is 0.676. The van der Waals surface area contributed by atoms with Gasteiger partial charge in [-0.3, -0.25) is 0 Å². The highest BCUT2D eigenvalue weighted by atomic mass is 35.5. The van der Waals surface area contributed by atoms with Crippen molar-refractivity contribution in [3.8, 4) is 12.3 Å². The number of hydrogen-bond donors (Lipinski definition) is 0. The molecule has 2 nitrogen and oxygen atoms in total. The van der Waals surface area contributed by atoms with Crippen LogP contribution >= 0.6 is 11.6 Å². The zero-order chi connectivity index (χ0) is 9.84. The lowest BCUT2D eigenvalue weighted by molar-refractivity contribution is 0.618. The summed E-state index contributed by atoms with van der Waals surface area (Å²) in [6.45, 7) is 0.311. The largest absolute Gasteiger partial charge is 0.346 e. The molecule has 0 unspecified atom stereocenters. The van der Waals surface area contributed by atoms with E-state index in [1.807, 2.05) is 0 Å². The molecule has 0 spiro atoms. The summed E-state index contributed by atoms with van der Waals surface area (Å²) in [4.78, 5) is 5.35. The van der Waals surface area contributed by atoms with Crippen molar-refractivity contribution in [2.75, 3.05) is 18.5 Å². The monoisotopic (exact) mass is 198 g/mol. The Hall–Kier alpha value is -1.27. The van der Waals surface area contributed by atoms with Crippen LogP contribution in [0.2, 0.25) is 5.02 Å². The standard InChI is InChI=1S/C9H8ClFN2/c1-3-4-13(2)9-8(11)5-7(10)6-12-9/h1,5-6H,4H2,2H3. The summed E-state index contributed by atoms with van der Waals surface area (Å²) in [7, 11) is 1.67. The van der Waals surface area contributed by atoms with Crippen LogP contribution < -0.4 is 4.90 Å². The molecule has 0 radical (unpaired) electrons. The van der Waals surface area contributed by atoms with Gasteiger partial charge in [-0.05, 0) is 6.07 Å². The molecule has 0 saturated carbocycles. The van der Waals surface area contributed by atoms with E-state index in [4.69, 9.17) is 18.0 Å². The van der Waals surface area contributed by atoms with Crippen LogP contribution in [0.5, 0.6) is 0 Å². The third-order valence-corrected chi connectivity index (χ3v) is 1.69. The van der Waals surface area contributed by atoms with Crippen molar-refractivity contribution >= 4 is 17.4 Å². The molecular formula is C9H8ClFN2. The fourth-order valence-electron chi connectivity index (χ4n) is 0.900. The molecule has 0 aliphatic carbocycles. The van der Waals surface area contributed by atoms with Crippen molar-refractivity contribution in [1.29, 1.82) is 0 Å². The number of rotatable bonds is 2. The average Bonchev–Trinajstić information content (AvgIpc) is 2.04. The SMILES string of the molecule is C#CCN(C)c1ncc(Cl)cc1F. The lowest BCUT2D eigenvalue weighted by Gasteiger charge is -2.14.